The van der Waals surface area contributed by atoms with Crippen molar-refractivity contribution in [1.29, 1.82) is 0 Å². The second-order valence-corrected chi connectivity index (χ2v) is 5.14. The largest absolute Gasteiger partial charge is 0.464 e. The van der Waals surface area contributed by atoms with Crippen LogP contribution in [-0.4, -0.2) is 34.6 Å². The molecule has 2 aromatic heterocycles. The second-order valence-electron chi connectivity index (χ2n) is 5.14. The Morgan fingerprint density at radius 2 is 2.14 bits per heavy atom. The van der Waals surface area contributed by atoms with E-state index in [0.717, 1.165) is 16.5 Å². The number of aromatic nitrogens is 2. The van der Waals surface area contributed by atoms with Crippen LogP contribution in [0.25, 0.3) is 22.4 Å². The molecule has 0 amide bonds. The van der Waals surface area contributed by atoms with Gasteiger partial charge in [0.25, 0.3) is 0 Å². The molecule has 2 atom stereocenters. The molecule has 6 heteroatoms. The number of benzene rings is 1. The molecule has 0 aliphatic carbocycles. The lowest BCUT2D eigenvalue weighted by atomic mass is 9.99. The van der Waals surface area contributed by atoms with Gasteiger partial charge < -0.3 is 18.8 Å². The molecule has 6 nitrogen and oxygen atoms in total. The molecule has 0 bridgehead atoms. The molecule has 3 aromatic rings. The van der Waals surface area contributed by atoms with Gasteiger partial charge in [-0.15, -0.1) is 0 Å². The first-order chi connectivity index (χ1) is 10.3. The minimum absolute atomic E-state index is 0.266. The van der Waals surface area contributed by atoms with Gasteiger partial charge in [0.15, 0.2) is 0 Å². The summed E-state index contributed by atoms with van der Waals surface area (Å²) in [7, 11) is 0. The number of fused-ring (bicyclic) bond motifs is 1. The minimum atomic E-state index is -0.506. The summed E-state index contributed by atoms with van der Waals surface area (Å²) in [4.78, 5) is 4.40. The van der Waals surface area contributed by atoms with E-state index < -0.39 is 6.10 Å². The van der Waals surface area contributed by atoms with Gasteiger partial charge >= 0.3 is 0 Å². The average Bonchev–Trinajstić information content (AvgIpc) is 3.14. The van der Waals surface area contributed by atoms with E-state index in [4.69, 9.17) is 13.7 Å². The number of para-hydroxylation sites is 1. The molecule has 1 fully saturated rings. The molecule has 1 aliphatic heterocycles. The van der Waals surface area contributed by atoms with Crippen LogP contribution in [0.1, 0.15) is 18.2 Å². The number of nitrogens with zero attached hydrogens (tertiary/aromatic N) is 2. The number of hydrogen-bond acceptors (Lipinski definition) is 6. The van der Waals surface area contributed by atoms with Crippen LogP contribution in [0.15, 0.2) is 39.5 Å². The standard InChI is InChI=1S/C15H14N2O4/c18-12-5-6-19-7-11(12)15-16-14(17-21-15)10-8-20-13-4-2-1-3-9(10)13/h1-4,8,11-12,18H,5-7H2. The Hall–Kier alpha value is -2.18. The van der Waals surface area contributed by atoms with Crippen LogP contribution >= 0.6 is 0 Å². The predicted molar refractivity (Wildman–Crippen MR) is 73.7 cm³/mol. The molecular weight excluding hydrogens is 272 g/mol. The highest BCUT2D eigenvalue weighted by molar-refractivity contribution is 5.91. The van der Waals surface area contributed by atoms with Crippen molar-refractivity contribution in [2.45, 2.75) is 18.4 Å². The van der Waals surface area contributed by atoms with Gasteiger partial charge in [-0.1, -0.05) is 23.4 Å². The molecule has 0 spiro atoms. The van der Waals surface area contributed by atoms with Crippen LogP contribution in [0.5, 0.6) is 0 Å². The van der Waals surface area contributed by atoms with E-state index in [-0.39, 0.29) is 5.92 Å². The van der Waals surface area contributed by atoms with Crippen molar-refractivity contribution in [3.63, 3.8) is 0 Å². The van der Waals surface area contributed by atoms with Gasteiger partial charge in [-0.25, -0.2) is 0 Å². The molecule has 2 unspecified atom stereocenters. The van der Waals surface area contributed by atoms with Crippen LogP contribution in [0, 0.1) is 0 Å². The van der Waals surface area contributed by atoms with E-state index >= 15 is 0 Å². The maximum absolute atomic E-state index is 10.0. The van der Waals surface area contributed by atoms with Crippen LogP contribution < -0.4 is 0 Å². The molecule has 108 valence electrons. The molecule has 1 N–H and O–H groups in total. The Balaban J connectivity index is 1.71. The van der Waals surface area contributed by atoms with Crippen molar-refractivity contribution < 1.29 is 18.8 Å². The Bertz CT molecular complexity index is 764. The third-order valence-electron chi connectivity index (χ3n) is 3.80. The molecule has 3 heterocycles. The fourth-order valence-electron chi connectivity index (χ4n) is 2.61. The Kier molecular flexibility index (Phi) is 2.98. The highest BCUT2D eigenvalue weighted by Crippen LogP contribution is 2.31. The van der Waals surface area contributed by atoms with E-state index in [1.807, 2.05) is 24.3 Å². The topological polar surface area (TPSA) is 81.5 Å². The second kappa shape index (κ2) is 4.98. The fraction of sp³-hybridized carbons (Fsp3) is 0.333. The predicted octanol–water partition coefficient (Wildman–Crippen LogP) is 2.35. The van der Waals surface area contributed by atoms with Crippen molar-refractivity contribution in [2.75, 3.05) is 13.2 Å². The van der Waals surface area contributed by atoms with Gasteiger partial charge in [-0.05, 0) is 12.5 Å². The molecule has 0 saturated carbocycles. The van der Waals surface area contributed by atoms with Gasteiger partial charge in [0.1, 0.15) is 11.8 Å². The molecule has 1 aromatic carbocycles. The maximum atomic E-state index is 10.0. The normalized spacial score (nSPS) is 22.7. The smallest absolute Gasteiger partial charge is 0.235 e. The molecule has 1 saturated heterocycles. The van der Waals surface area contributed by atoms with E-state index in [0.29, 0.717) is 31.3 Å². The zero-order valence-corrected chi connectivity index (χ0v) is 11.2. The van der Waals surface area contributed by atoms with Crippen LogP contribution in [-0.2, 0) is 4.74 Å². The Morgan fingerprint density at radius 3 is 3.05 bits per heavy atom. The van der Waals surface area contributed by atoms with E-state index in [2.05, 4.69) is 10.1 Å². The summed E-state index contributed by atoms with van der Waals surface area (Å²) in [5.41, 5.74) is 1.56. The zero-order valence-electron chi connectivity index (χ0n) is 11.2. The van der Waals surface area contributed by atoms with Gasteiger partial charge in [0.2, 0.25) is 11.7 Å². The first-order valence-corrected chi connectivity index (χ1v) is 6.89. The summed E-state index contributed by atoms with van der Waals surface area (Å²) < 4.78 is 16.2. The van der Waals surface area contributed by atoms with Gasteiger partial charge in [-0.2, -0.15) is 4.98 Å². The number of aliphatic hydroxyl groups is 1. The quantitative estimate of drug-likeness (QED) is 0.778. The zero-order chi connectivity index (χ0) is 14.2. The molecule has 21 heavy (non-hydrogen) atoms. The van der Waals surface area contributed by atoms with E-state index in [1.165, 1.54) is 0 Å². The van der Waals surface area contributed by atoms with Crippen molar-refractivity contribution in [3.8, 4) is 11.4 Å². The number of furan rings is 1. The lowest BCUT2D eigenvalue weighted by molar-refractivity contribution is -0.0149. The molecule has 4 rings (SSSR count). The number of ether oxygens (including phenoxy) is 1. The maximum Gasteiger partial charge on any atom is 0.235 e. The molecule has 0 radical (unpaired) electrons. The minimum Gasteiger partial charge on any atom is -0.464 e. The van der Waals surface area contributed by atoms with Crippen molar-refractivity contribution in [1.82, 2.24) is 10.1 Å². The first kappa shape index (κ1) is 12.6. The number of aliphatic hydroxyl groups excluding tert-OH is 1. The third kappa shape index (κ3) is 2.12. The lowest BCUT2D eigenvalue weighted by Crippen LogP contribution is -2.30. The van der Waals surface area contributed by atoms with Gasteiger partial charge in [0, 0.05) is 12.0 Å². The lowest BCUT2D eigenvalue weighted by Gasteiger charge is -2.24. The fourth-order valence-corrected chi connectivity index (χ4v) is 2.61. The van der Waals surface area contributed by atoms with Crippen LogP contribution in [0.3, 0.4) is 0 Å². The van der Waals surface area contributed by atoms with Crippen LogP contribution in [0.2, 0.25) is 0 Å². The third-order valence-corrected chi connectivity index (χ3v) is 3.80. The van der Waals surface area contributed by atoms with Crippen LogP contribution in [0.4, 0.5) is 0 Å². The highest BCUT2D eigenvalue weighted by Gasteiger charge is 2.30. The Morgan fingerprint density at radius 1 is 1.24 bits per heavy atom. The number of hydrogen-bond donors (Lipinski definition) is 1. The highest BCUT2D eigenvalue weighted by atomic mass is 16.5. The number of rotatable bonds is 2. The SMILES string of the molecule is OC1CCOCC1c1nc(-c2coc3ccccc23)no1. The van der Waals surface area contributed by atoms with E-state index in [9.17, 15) is 5.11 Å². The Labute approximate surface area is 120 Å². The summed E-state index contributed by atoms with van der Waals surface area (Å²) in [5, 5.41) is 14.9. The average molecular weight is 286 g/mol. The van der Waals surface area contributed by atoms with Gasteiger partial charge in [-0.3, -0.25) is 0 Å². The summed E-state index contributed by atoms with van der Waals surface area (Å²) in [5.74, 6) is 0.605. The molecular formula is C15H14N2O4. The van der Waals surface area contributed by atoms with Crippen molar-refractivity contribution in [3.05, 3.63) is 36.4 Å². The van der Waals surface area contributed by atoms with E-state index in [1.54, 1.807) is 6.26 Å². The van der Waals surface area contributed by atoms with Crippen molar-refractivity contribution in [2.24, 2.45) is 0 Å². The van der Waals surface area contributed by atoms with Gasteiger partial charge in [0.05, 0.1) is 24.2 Å². The monoisotopic (exact) mass is 286 g/mol. The summed E-state index contributed by atoms with van der Waals surface area (Å²) in [6.07, 6.45) is 1.69. The van der Waals surface area contributed by atoms with Crippen molar-refractivity contribution >= 4 is 11.0 Å². The summed E-state index contributed by atoms with van der Waals surface area (Å²) >= 11 is 0. The molecule has 1 aliphatic rings. The summed E-state index contributed by atoms with van der Waals surface area (Å²) in [6.45, 7) is 0.958. The summed E-state index contributed by atoms with van der Waals surface area (Å²) in [6, 6.07) is 7.68. The first-order valence-electron chi connectivity index (χ1n) is 6.89.